The molecule has 6 heteroatoms. The van der Waals surface area contributed by atoms with E-state index in [0.29, 0.717) is 29.2 Å². The topological polar surface area (TPSA) is 76.7 Å². The molecule has 0 bridgehead atoms. The number of ether oxygens (including phenoxy) is 2. The molecule has 0 aliphatic heterocycles. The molecule has 0 spiro atoms. The van der Waals surface area contributed by atoms with Gasteiger partial charge in [0.15, 0.2) is 11.5 Å². The van der Waals surface area contributed by atoms with Crippen molar-refractivity contribution in [3.8, 4) is 11.5 Å². The lowest BCUT2D eigenvalue weighted by Gasteiger charge is -2.12. The molecule has 1 aliphatic rings. The average Bonchev–Trinajstić information content (AvgIpc) is 3.24. The smallest absolute Gasteiger partial charge is 0.251 e. The number of hydrogen-bond acceptors (Lipinski definition) is 4. The fourth-order valence-electron chi connectivity index (χ4n) is 3.39. The summed E-state index contributed by atoms with van der Waals surface area (Å²) in [7, 11) is 3.15. The van der Waals surface area contributed by atoms with Gasteiger partial charge in [-0.05, 0) is 54.8 Å². The quantitative estimate of drug-likeness (QED) is 0.770. The SMILES string of the molecule is COc1ccc(CNC(=O)c2ccc(C(=O)NC3CCCC3)cc2)cc1OC. The first-order valence-corrected chi connectivity index (χ1v) is 9.50. The predicted octanol–water partition coefficient (Wildman–Crippen LogP) is 3.31. The Morgan fingerprint density at radius 1 is 0.893 bits per heavy atom. The van der Waals surface area contributed by atoms with Crippen molar-refractivity contribution in [2.75, 3.05) is 14.2 Å². The normalized spacial score (nSPS) is 13.8. The van der Waals surface area contributed by atoms with E-state index in [1.807, 2.05) is 12.1 Å². The first-order valence-electron chi connectivity index (χ1n) is 9.50. The summed E-state index contributed by atoms with van der Waals surface area (Å²) in [5, 5.41) is 5.92. The standard InChI is InChI=1S/C22H26N2O4/c1-27-19-12-7-15(13-20(19)28-2)14-23-21(25)16-8-10-17(11-9-16)22(26)24-18-5-3-4-6-18/h7-13,18H,3-6,14H2,1-2H3,(H,23,25)(H,24,26). The number of amides is 2. The van der Waals surface area contributed by atoms with Crippen molar-refractivity contribution in [3.63, 3.8) is 0 Å². The molecule has 2 amide bonds. The second kappa shape index (κ2) is 9.26. The number of nitrogens with one attached hydrogen (secondary N) is 2. The van der Waals surface area contributed by atoms with Gasteiger partial charge >= 0.3 is 0 Å². The molecule has 148 valence electrons. The Bertz CT molecular complexity index is 827. The molecule has 3 rings (SSSR count). The lowest BCUT2D eigenvalue weighted by Crippen LogP contribution is -2.32. The van der Waals surface area contributed by atoms with Crippen LogP contribution >= 0.6 is 0 Å². The minimum absolute atomic E-state index is 0.0795. The summed E-state index contributed by atoms with van der Waals surface area (Å²) < 4.78 is 10.5. The Labute approximate surface area is 165 Å². The van der Waals surface area contributed by atoms with Gasteiger partial charge in [-0.2, -0.15) is 0 Å². The van der Waals surface area contributed by atoms with Gasteiger partial charge in [0.05, 0.1) is 14.2 Å². The average molecular weight is 382 g/mol. The second-order valence-corrected chi connectivity index (χ2v) is 6.90. The number of methoxy groups -OCH3 is 2. The fourth-order valence-corrected chi connectivity index (χ4v) is 3.39. The van der Waals surface area contributed by atoms with Crippen molar-refractivity contribution in [2.45, 2.75) is 38.3 Å². The minimum Gasteiger partial charge on any atom is -0.493 e. The number of rotatable bonds is 7. The van der Waals surface area contributed by atoms with E-state index in [-0.39, 0.29) is 17.9 Å². The molecule has 1 aliphatic carbocycles. The van der Waals surface area contributed by atoms with E-state index in [2.05, 4.69) is 10.6 Å². The van der Waals surface area contributed by atoms with Crippen molar-refractivity contribution in [3.05, 3.63) is 59.2 Å². The Morgan fingerprint density at radius 2 is 1.50 bits per heavy atom. The zero-order valence-corrected chi connectivity index (χ0v) is 16.3. The predicted molar refractivity (Wildman–Crippen MR) is 107 cm³/mol. The summed E-state index contributed by atoms with van der Waals surface area (Å²) in [6.45, 7) is 0.364. The van der Waals surface area contributed by atoms with Gasteiger partial charge < -0.3 is 20.1 Å². The van der Waals surface area contributed by atoms with Gasteiger partial charge in [0.1, 0.15) is 0 Å². The molecule has 6 nitrogen and oxygen atoms in total. The summed E-state index contributed by atoms with van der Waals surface area (Å²) in [6, 6.07) is 12.5. The van der Waals surface area contributed by atoms with Crippen LogP contribution in [-0.2, 0) is 6.54 Å². The second-order valence-electron chi connectivity index (χ2n) is 6.90. The minimum atomic E-state index is -0.197. The third kappa shape index (κ3) is 4.82. The van der Waals surface area contributed by atoms with Gasteiger partial charge in [-0.15, -0.1) is 0 Å². The first kappa shape index (κ1) is 19.7. The van der Waals surface area contributed by atoms with E-state index in [1.165, 1.54) is 12.8 Å². The Hall–Kier alpha value is -3.02. The Kier molecular flexibility index (Phi) is 6.53. The van der Waals surface area contributed by atoms with E-state index in [4.69, 9.17) is 9.47 Å². The molecule has 1 fully saturated rings. The molecule has 0 aromatic heterocycles. The molecule has 2 aromatic rings. The highest BCUT2D eigenvalue weighted by molar-refractivity contribution is 5.97. The van der Waals surface area contributed by atoms with Crippen molar-refractivity contribution in [2.24, 2.45) is 0 Å². The van der Waals surface area contributed by atoms with Crippen LogP contribution in [0.15, 0.2) is 42.5 Å². The van der Waals surface area contributed by atoms with Gasteiger partial charge in [-0.25, -0.2) is 0 Å². The first-order chi connectivity index (χ1) is 13.6. The Balaban J connectivity index is 1.56. The van der Waals surface area contributed by atoms with Gasteiger partial charge in [-0.3, -0.25) is 9.59 Å². The maximum Gasteiger partial charge on any atom is 0.251 e. The molecule has 28 heavy (non-hydrogen) atoms. The zero-order valence-electron chi connectivity index (χ0n) is 16.3. The Morgan fingerprint density at radius 3 is 2.11 bits per heavy atom. The van der Waals surface area contributed by atoms with Crippen LogP contribution in [-0.4, -0.2) is 32.1 Å². The van der Waals surface area contributed by atoms with Gasteiger partial charge in [-0.1, -0.05) is 18.9 Å². The van der Waals surface area contributed by atoms with Crippen LogP contribution in [0.25, 0.3) is 0 Å². The maximum absolute atomic E-state index is 12.4. The summed E-state index contributed by atoms with van der Waals surface area (Å²) in [5.41, 5.74) is 1.99. The summed E-state index contributed by atoms with van der Waals surface area (Å²) in [4.78, 5) is 24.7. The number of carbonyl (C=O) groups excluding carboxylic acids is 2. The van der Waals surface area contributed by atoms with Crippen molar-refractivity contribution in [1.29, 1.82) is 0 Å². The van der Waals surface area contributed by atoms with Crippen LogP contribution in [0.3, 0.4) is 0 Å². The number of carbonyl (C=O) groups is 2. The van der Waals surface area contributed by atoms with E-state index >= 15 is 0 Å². The highest BCUT2D eigenvalue weighted by Crippen LogP contribution is 2.27. The number of hydrogen-bond donors (Lipinski definition) is 2. The molecule has 2 aromatic carbocycles. The lowest BCUT2D eigenvalue weighted by atomic mass is 10.1. The van der Waals surface area contributed by atoms with E-state index in [9.17, 15) is 9.59 Å². The molecule has 0 atom stereocenters. The molecule has 0 radical (unpaired) electrons. The highest BCUT2D eigenvalue weighted by Gasteiger charge is 2.18. The third-order valence-electron chi connectivity index (χ3n) is 5.00. The molecular formula is C22H26N2O4. The van der Waals surface area contributed by atoms with E-state index in [1.54, 1.807) is 44.6 Å². The van der Waals surface area contributed by atoms with Gasteiger partial charge in [0.2, 0.25) is 0 Å². The van der Waals surface area contributed by atoms with Crippen LogP contribution in [0.4, 0.5) is 0 Å². The van der Waals surface area contributed by atoms with Crippen molar-refractivity contribution in [1.82, 2.24) is 10.6 Å². The van der Waals surface area contributed by atoms with Gasteiger partial charge in [0.25, 0.3) is 11.8 Å². The van der Waals surface area contributed by atoms with Gasteiger partial charge in [0, 0.05) is 23.7 Å². The summed E-state index contributed by atoms with van der Waals surface area (Å²) in [5.74, 6) is 0.984. The molecule has 0 unspecified atom stereocenters. The van der Waals surface area contributed by atoms with E-state index < -0.39 is 0 Å². The van der Waals surface area contributed by atoms with E-state index in [0.717, 1.165) is 18.4 Å². The largest absolute Gasteiger partial charge is 0.493 e. The third-order valence-corrected chi connectivity index (χ3v) is 5.00. The fraction of sp³-hybridized carbons (Fsp3) is 0.364. The molecule has 1 saturated carbocycles. The number of benzene rings is 2. The highest BCUT2D eigenvalue weighted by atomic mass is 16.5. The maximum atomic E-state index is 12.4. The monoisotopic (exact) mass is 382 g/mol. The van der Waals surface area contributed by atoms with Crippen LogP contribution < -0.4 is 20.1 Å². The van der Waals surface area contributed by atoms with Crippen LogP contribution in [0.1, 0.15) is 52.0 Å². The zero-order chi connectivity index (χ0) is 19.9. The summed E-state index contributed by atoms with van der Waals surface area (Å²) >= 11 is 0. The summed E-state index contributed by atoms with van der Waals surface area (Å²) in [6.07, 6.45) is 4.43. The van der Waals surface area contributed by atoms with Crippen molar-refractivity contribution >= 4 is 11.8 Å². The van der Waals surface area contributed by atoms with Crippen molar-refractivity contribution < 1.29 is 19.1 Å². The molecule has 2 N–H and O–H groups in total. The molecular weight excluding hydrogens is 356 g/mol. The van der Waals surface area contributed by atoms with Crippen LogP contribution in [0.2, 0.25) is 0 Å². The van der Waals surface area contributed by atoms with Crippen LogP contribution in [0, 0.1) is 0 Å². The molecule has 0 saturated heterocycles. The molecule has 0 heterocycles. The lowest BCUT2D eigenvalue weighted by molar-refractivity contribution is 0.0930. The van der Waals surface area contributed by atoms with Crippen LogP contribution in [0.5, 0.6) is 11.5 Å².